The topological polar surface area (TPSA) is 109 Å². The zero-order valence-electron chi connectivity index (χ0n) is 18.3. The van der Waals surface area contributed by atoms with Crippen LogP contribution < -0.4 is 5.73 Å². The number of benzene rings is 1. The average Bonchev–Trinajstić information content (AvgIpc) is 2.75. The molecule has 30 heavy (non-hydrogen) atoms. The Morgan fingerprint density at radius 2 is 1.67 bits per heavy atom. The van der Waals surface area contributed by atoms with E-state index in [1.807, 2.05) is 32.9 Å². The number of anilines is 1. The summed E-state index contributed by atoms with van der Waals surface area (Å²) in [6.45, 7) is 6.90. The van der Waals surface area contributed by atoms with Crippen LogP contribution in [0.1, 0.15) is 38.3 Å². The molecule has 0 bridgehead atoms. The molecule has 1 heterocycles. The molecule has 8 heteroatoms. The number of carbonyl (C=O) groups excluding carboxylic acids is 1. The molecule has 1 aliphatic heterocycles. The van der Waals surface area contributed by atoms with Crippen molar-refractivity contribution in [2.75, 3.05) is 32.7 Å². The van der Waals surface area contributed by atoms with Crippen LogP contribution in [0, 0.1) is 0 Å². The van der Waals surface area contributed by atoms with E-state index in [1.54, 1.807) is 6.07 Å². The summed E-state index contributed by atoms with van der Waals surface area (Å²) in [6.07, 6.45) is -1.70. The highest BCUT2D eigenvalue weighted by Gasteiger charge is 2.50. The number of carbonyl (C=O) groups is 1. The van der Waals surface area contributed by atoms with E-state index in [0.29, 0.717) is 38.3 Å². The summed E-state index contributed by atoms with van der Waals surface area (Å²) in [5, 5.41) is 9.64. The predicted molar refractivity (Wildman–Crippen MR) is 112 cm³/mol. The van der Waals surface area contributed by atoms with E-state index in [4.69, 9.17) is 29.4 Å². The zero-order chi connectivity index (χ0) is 22.1. The van der Waals surface area contributed by atoms with E-state index in [-0.39, 0.29) is 6.61 Å². The summed E-state index contributed by atoms with van der Waals surface area (Å²) < 4.78 is 29.0. The lowest BCUT2D eigenvalue weighted by atomic mass is 9.90. The highest BCUT2D eigenvalue weighted by Crippen LogP contribution is 2.31. The summed E-state index contributed by atoms with van der Waals surface area (Å²) in [5.74, 6) is -0.502. The van der Waals surface area contributed by atoms with Crippen molar-refractivity contribution in [1.82, 2.24) is 0 Å². The standard InChI is InChI=1S/C22H35NO7/c1-5-27-18-17(11-9-14-12-16(23)10-8-15(14)13-24)30-21(22(25)26-4)20(29-7-3)19(18)28-6-2/h8,10,12,17-21,24H,5-7,9,11,13,23H2,1-4H3/t17-,18-,19+,20-,21-/m0/s1. The second kappa shape index (κ2) is 12.2. The highest BCUT2D eigenvalue weighted by molar-refractivity contribution is 5.75. The SMILES string of the molecule is CCO[C@@H]1[C@@H](OCC)[C@H](CCc2cc(N)ccc2CO)O[C@H](C(=O)OC)[C@H]1OCC. The second-order valence-electron chi connectivity index (χ2n) is 7.10. The minimum atomic E-state index is -0.911. The van der Waals surface area contributed by atoms with Gasteiger partial charge in [-0.05, 0) is 56.9 Å². The van der Waals surface area contributed by atoms with E-state index in [0.717, 1.165) is 11.1 Å². The van der Waals surface area contributed by atoms with Crippen LogP contribution in [0.3, 0.4) is 0 Å². The Morgan fingerprint density at radius 3 is 2.27 bits per heavy atom. The summed E-state index contributed by atoms with van der Waals surface area (Å²) >= 11 is 0. The van der Waals surface area contributed by atoms with Gasteiger partial charge in [0.15, 0.2) is 6.10 Å². The van der Waals surface area contributed by atoms with Crippen LogP contribution in [0.25, 0.3) is 0 Å². The Kier molecular flexibility index (Phi) is 10.0. The minimum absolute atomic E-state index is 0.0746. The first-order chi connectivity index (χ1) is 14.5. The van der Waals surface area contributed by atoms with E-state index >= 15 is 0 Å². The molecule has 0 amide bonds. The van der Waals surface area contributed by atoms with E-state index in [2.05, 4.69) is 0 Å². The van der Waals surface area contributed by atoms with Crippen LogP contribution in [0.4, 0.5) is 5.69 Å². The summed E-state index contributed by atoms with van der Waals surface area (Å²) in [7, 11) is 1.33. The van der Waals surface area contributed by atoms with Crippen LogP contribution in [0.5, 0.6) is 0 Å². The fourth-order valence-electron chi connectivity index (χ4n) is 3.93. The third-order valence-electron chi connectivity index (χ3n) is 5.24. The molecule has 0 unspecified atom stereocenters. The molecule has 3 N–H and O–H groups in total. The number of aryl methyl sites for hydroxylation is 1. The lowest BCUT2D eigenvalue weighted by molar-refractivity contribution is -0.257. The van der Waals surface area contributed by atoms with Crippen molar-refractivity contribution in [1.29, 1.82) is 0 Å². The number of methoxy groups -OCH3 is 1. The Bertz CT molecular complexity index is 669. The molecular formula is C22H35NO7. The van der Waals surface area contributed by atoms with Gasteiger partial charge >= 0.3 is 5.97 Å². The van der Waals surface area contributed by atoms with E-state index in [1.165, 1.54) is 7.11 Å². The van der Waals surface area contributed by atoms with Crippen molar-refractivity contribution < 1.29 is 33.6 Å². The van der Waals surface area contributed by atoms with Gasteiger partial charge in [-0.25, -0.2) is 4.79 Å². The first-order valence-electron chi connectivity index (χ1n) is 10.6. The predicted octanol–water partition coefficient (Wildman–Crippen LogP) is 1.85. The molecule has 0 radical (unpaired) electrons. The Labute approximate surface area is 178 Å². The van der Waals surface area contributed by atoms with Gasteiger partial charge in [-0.3, -0.25) is 0 Å². The molecule has 1 aromatic carbocycles. The molecule has 1 aliphatic rings. The van der Waals surface area contributed by atoms with Gasteiger partial charge in [0.1, 0.15) is 18.3 Å². The lowest BCUT2D eigenvalue weighted by Gasteiger charge is -2.45. The fraction of sp³-hybridized carbons (Fsp3) is 0.682. The largest absolute Gasteiger partial charge is 0.467 e. The van der Waals surface area contributed by atoms with Crippen LogP contribution in [0.2, 0.25) is 0 Å². The number of ether oxygens (including phenoxy) is 5. The number of nitrogen functional groups attached to an aromatic ring is 1. The third-order valence-corrected chi connectivity index (χ3v) is 5.24. The quantitative estimate of drug-likeness (QED) is 0.408. The van der Waals surface area contributed by atoms with Gasteiger partial charge in [0.05, 0.1) is 19.8 Å². The first kappa shape index (κ1) is 24.6. The summed E-state index contributed by atoms with van der Waals surface area (Å²) in [5.41, 5.74) is 8.30. The van der Waals surface area contributed by atoms with Crippen molar-refractivity contribution in [2.45, 2.75) is 70.7 Å². The molecule has 0 aliphatic carbocycles. The van der Waals surface area contributed by atoms with Crippen molar-refractivity contribution in [2.24, 2.45) is 0 Å². The fourth-order valence-corrected chi connectivity index (χ4v) is 3.93. The van der Waals surface area contributed by atoms with Gasteiger partial charge < -0.3 is 34.5 Å². The number of aliphatic hydroxyl groups is 1. The monoisotopic (exact) mass is 425 g/mol. The van der Waals surface area contributed by atoms with Crippen molar-refractivity contribution in [3.63, 3.8) is 0 Å². The van der Waals surface area contributed by atoms with Gasteiger partial charge in [0, 0.05) is 25.5 Å². The maximum Gasteiger partial charge on any atom is 0.337 e. The van der Waals surface area contributed by atoms with Crippen LogP contribution in [-0.2, 0) is 41.5 Å². The molecule has 0 saturated carbocycles. The van der Waals surface area contributed by atoms with E-state index in [9.17, 15) is 9.90 Å². The number of hydrogen-bond donors (Lipinski definition) is 2. The second-order valence-corrected chi connectivity index (χ2v) is 7.10. The van der Waals surface area contributed by atoms with E-state index < -0.39 is 36.5 Å². The maximum absolute atomic E-state index is 12.5. The Balaban J connectivity index is 2.30. The van der Waals surface area contributed by atoms with Crippen molar-refractivity contribution >= 4 is 11.7 Å². The molecule has 1 saturated heterocycles. The molecule has 5 atom stereocenters. The lowest BCUT2D eigenvalue weighted by Crippen LogP contribution is -2.62. The van der Waals surface area contributed by atoms with Crippen LogP contribution in [0.15, 0.2) is 18.2 Å². The molecular weight excluding hydrogens is 390 g/mol. The van der Waals surface area contributed by atoms with Crippen LogP contribution >= 0.6 is 0 Å². The number of esters is 1. The Hall–Kier alpha value is -1.71. The smallest absolute Gasteiger partial charge is 0.337 e. The summed E-state index contributed by atoms with van der Waals surface area (Å²) in [4.78, 5) is 12.5. The molecule has 2 rings (SSSR count). The van der Waals surface area contributed by atoms with Gasteiger partial charge in [-0.15, -0.1) is 0 Å². The third kappa shape index (κ3) is 5.92. The zero-order valence-corrected chi connectivity index (χ0v) is 18.3. The van der Waals surface area contributed by atoms with Gasteiger partial charge in [0.25, 0.3) is 0 Å². The molecule has 8 nitrogen and oxygen atoms in total. The van der Waals surface area contributed by atoms with Crippen molar-refractivity contribution in [3.8, 4) is 0 Å². The van der Waals surface area contributed by atoms with Gasteiger partial charge in [0.2, 0.25) is 0 Å². The minimum Gasteiger partial charge on any atom is -0.467 e. The molecule has 0 aromatic heterocycles. The molecule has 1 aromatic rings. The van der Waals surface area contributed by atoms with Gasteiger partial charge in [-0.1, -0.05) is 6.07 Å². The molecule has 0 spiro atoms. The maximum atomic E-state index is 12.5. The number of aliphatic hydroxyl groups excluding tert-OH is 1. The first-order valence-corrected chi connectivity index (χ1v) is 10.6. The Morgan fingerprint density at radius 1 is 1.03 bits per heavy atom. The normalized spacial score (nSPS) is 26.5. The van der Waals surface area contributed by atoms with Gasteiger partial charge in [-0.2, -0.15) is 0 Å². The molecule has 170 valence electrons. The highest BCUT2D eigenvalue weighted by atomic mass is 16.6. The summed E-state index contributed by atoms with van der Waals surface area (Å²) in [6, 6.07) is 5.43. The number of nitrogens with two attached hydrogens (primary N) is 1. The number of hydrogen-bond acceptors (Lipinski definition) is 8. The number of rotatable bonds is 11. The molecule has 1 fully saturated rings. The van der Waals surface area contributed by atoms with Crippen molar-refractivity contribution in [3.05, 3.63) is 29.3 Å². The average molecular weight is 426 g/mol. The van der Waals surface area contributed by atoms with Crippen LogP contribution in [-0.4, -0.2) is 68.5 Å².